The van der Waals surface area contributed by atoms with Crippen molar-refractivity contribution in [3.05, 3.63) is 18.0 Å². The molecule has 0 N–H and O–H groups in total. The molecule has 2 fully saturated rings. The molecule has 7 heteroatoms. The number of hydrogen-bond donors (Lipinski definition) is 0. The monoisotopic (exact) mass is 319 g/mol. The van der Waals surface area contributed by atoms with Crippen molar-refractivity contribution in [2.45, 2.75) is 31.3 Å². The van der Waals surface area contributed by atoms with Gasteiger partial charge in [0.05, 0.1) is 30.8 Å². The SMILES string of the molecule is COC(=O)C1CCC2(CCN(c3ncc(C=O)cn3)CC2)OC1. The van der Waals surface area contributed by atoms with E-state index in [1.54, 1.807) is 0 Å². The topological polar surface area (TPSA) is 81.6 Å². The van der Waals surface area contributed by atoms with Gasteiger partial charge in [0.25, 0.3) is 0 Å². The Labute approximate surface area is 135 Å². The van der Waals surface area contributed by atoms with Crippen molar-refractivity contribution in [3.63, 3.8) is 0 Å². The maximum absolute atomic E-state index is 11.6. The number of nitrogens with zero attached hydrogens (tertiary/aromatic N) is 3. The second kappa shape index (κ2) is 6.62. The molecule has 124 valence electrons. The highest BCUT2D eigenvalue weighted by Gasteiger charge is 2.41. The van der Waals surface area contributed by atoms with E-state index in [-0.39, 0.29) is 17.5 Å². The van der Waals surface area contributed by atoms with E-state index in [1.807, 2.05) is 0 Å². The van der Waals surface area contributed by atoms with Crippen LogP contribution in [0.5, 0.6) is 0 Å². The average Bonchev–Trinajstić information content (AvgIpc) is 2.62. The Kier molecular flexibility index (Phi) is 4.56. The van der Waals surface area contributed by atoms with Crippen LogP contribution in [0.1, 0.15) is 36.0 Å². The summed E-state index contributed by atoms with van der Waals surface area (Å²) in [5.41, 5.74) is 0.343. The lowest BCUT2D eigenvalue weighted by Gasteiger charge is -2.45. The quantitative estimate of drug-likeness (QED) is 0.612. The van der Waals surface area contributed by atoms with Crippen molar-refractivity contribution in [1.29, 1.82) is 0 Å². The Balaban J connectivity index is 1.56. The van der Waals surface area contributed by atoms with Crippen LogP contribution in [0.15, 0.2) is 12.4 Å². The van der Waals surface area contributed by atoms with E-state index in [2.05, 4.69) is 14.9 Å². The molecule has 1 unspecified atom stereocenters. The lowest BCUT2D eigenvalue weighted by atomic mass is 9.82. The van der Waals surface area contributed by atoms with E-state index in [1.165, 1.54) is 19.5 Å². The van der Waals surface area contributed by atoms with E-state index in [0.717, 1.165) is 45.1 Å². The first-order valence-electron chi connectivity index (χ1n) is 7.90. The zero-order valence-corrected chi connectivity index (χ0v) is 13.2. The normalized spacial score (nSPS) is 23.5. The summed E-state index contributed by atoms with van der Waals surface area (Å²) in [5.74, 6) is 0.331. The van der Waals surface area contributed by atoms with Gasteiger partial charge in [-0.3, -0.25) is 9.59 Å². The van der Waals surface area contributed by atoms with Crippen LogP contribution in [0.4, 0.5) is 5.95 Å². The van der Waals surface area contributed by atoms with Crippen molar-refractivity contribution in [2.24, 2.45) is 5.92 Å². The molecular formula is C16H21N3O4. The molecule has 1 aromatic heterocycles. The molecule has 1 atom stereocenters. The average molecular weight is 319 g/mol. The van der Waals surface area contributed by atoms with Crippen molar-refractivity contribution < 1.29 is 19.1 Å². The minimum atomic E-state index is -0.180. The molecule has 0 radical (unpaired) electrons. The molecule has 1 aromatic rings. The zero-order valence-electron chi connectivity index (χ0n) is 13.2. The Hall–Kier alpha value is -2.02. The van der Waals surface area contributed by atoms with Crippen molar-refractivity contribution in [2.75, 3.05) is 31.7 Å². The fraction of sp³-hybridized carbons (Fsp3) is 0.625. The number of esters is 1. The van der Waals surface area contributed by atoms with Crippen molar-refractivity contribution in [3.8, 4) is 0 Å². The first-order chi connectivity index (χ1) is 11.2. The summed E-state index contributed by atoms with van der Waals surface area (Å²) in [6.45, 7) is 2.06. The van der Waals surface area contributed by atoms with Crippen molar-refractivity contribution in [1.82, 2.24) is 9.97 Å². The fourth-order valence-electron chi connectivity index (χ4n) is 3.29. The number of aromatic nitrogens is 2. The van der Waals surface area contributed by atoms with Gasteiger partial charge < -0.3 is 14.4 Å². The van der Waals surface area contributed by atoms with Gasteiger partial charge in [-0.25, -0.2) is 9.97 Å². The molecule has 3 heterocycles. The highest BCUT2D eigenvalue weighted by atomic mass is 16.5. The predicted octanol–water partition coefficient (Wildman–Crippen LogP) is 1.23. The summed E-state index contributed by atoms with van der Waals surface area (Å²) in [7, 11) is 1.42. The lowest BCUT2D eigenvalue weighted by molar-refractivity contribution is -0.161. The van der Waals surface area contributed by atoms with Gasteiger partial charge in [0.2, 0.25) is 5.95 Å². The van der Waals surface area contributed by atoms with Gasteiger partial charge >= 0.3 is 5.97 Å². The minimum Gasteiger partial charge on any atom is -0.469 e. The molecule has 23 heavy (non-hydrogen) atoms. The number of rotatable bonds is 3. The highest BCUT2D eigenvalue weighted by Crippen LogP contribution is 2.37. The van der Waals surface area contributed by atoms with Crippen LogP contribution in [0, 0.1) is 5.92 Å². The van der Waals surface area contributed by atoms with Crippen LogP contribution in [-0.2, 0) is 14.3 Å². The van der Waals surface area contributed by atoms with Crippen LogP contribution < -0.4 is 4.90 Å². The van der Waals surface area contributed by atoms with E-state index in [0.29, 0.717) is 18.1 Å². The number of carbonyl (C=O) groups excluding carboxylic acids is 2. The summed E-state index contributed by atoms with van der Waals surface area (Å²) >= 11 is 0. The summed E-state index contributed by atoms with van der Waals surface area (Å²) < 4.78 is 10.8. The predicted molar refractivity (Wildman–Crippen MR) is 82.3 cm³/mol. The molecule has 2 saturated heterocycles. The van der Waals surface area contributed by atoms with E-state index in [9.17, 15) is 9.59 Å². The largest absolute Gasteiger partial charge is 0.469 e. The smallest absolute Gasteiger partial charge is 0.311 e. The molecule has 0 saturated carbocycles. The number of methoxy groups -OCH3 is 1. The van der Waals surface area contributed by atoms with Crippen molar-refractivity contribution >= 4 is 18.2 Å². The first-order valence-corrected chi connectivity index (χ1v) is 7.90. The molecule has 0 aliphatic carbocycles. The van der Waals surface area contributed by atoms with Gasteiger partial charge in [0, 0.05) is 25.5 Å². The number of piperidine rings is 1. The summed E-state index contributed by atoms with van der Waals surface area (Å²) in [6, 6.07) is 0. The zero-order chi connectivity index (χ0) is 16.3. The summed E-state index contributed by atoms with van der Waals surface area (Å²) in [6.07, 6.45) is 7.29. The number of ether oxygens (including phenoxy) is 2. The van der Waals surface area contributed by atoms with E-state index >= 15 is 0 Å². The third-order valence-corrected chi connectivity index (χ3v) is 4.83. The maximum Gasteiger partial charge on any atom is 0.311 e. The van der Waals surface area contributed by atoms with Crippen LogP contribution in [0.3, 0.4) is 0 Å². The number of carbonyl (C=O) groups is 2. The Morgan fingerprint density at radius 2 is 2.04 bits per heavy atom. The second-order valence-corrected chi connectivity index (χ2v) is 6.17. The van der Waals surface area contributed by atoms with Crippen LogP contribution >= 0.6 is 0 Å². The molecule has 3 rings (SSSR count). The van der Waals surface area contributed by atoms with Gasteiger partial charge in [0.15, 0.2) is 6.29 Å². The minimum absolute atomic E-state index is 0.135. The Bertz CT molecular complexity index is 557. The molecule has 0 bridgehead atoms. The standard InChI is InChI=1S/C16H21N3O4/c1-22-14(21)13-2-3-16(23-11-13)4-6-19(7-5-16)15-17-8-12(10-20)9-18-15/h8-10,13H,2-7,11H2,1H3. The van der Waals surface area contributed by atoms with Gasteiger partial charge in [-0.1, -0.05) is 0 Å². The molecule has 0 aromatic carbocycles. The number of hydrogen-bond acceptors (Lipinski definition) is 7. The summed E-state index contributed by atoms with van der Waals surface area (Å²) in [4.78, 5) is 32.8. The third-order valence-electron chi connectivity index (χ3n) is 4.83. The van der Waals surface area contributed by atoms with Gasteiger partial charge in [0.1, 0.15) is 0 Å². The van der Waals surface area contributed by atoms with Crippen LogP contribution in [0.25, 0.3) is 0 Å². The summed E-state index contributed by atoms with van der Waals surface area (Å²) in [5, 5.41) is 0. The van der Waals surface area contributed by atoms with E-state index < -0.39 is 0 Å². The molecule has 1 spiro atoms. The molecule has 2 aliphatic rings. The molecule has 0 amide bonds. The molecular weight excluding hydrogens is 298 g/mol. The van der Waals surface area contributed by atoms with Gasteiger partial charge in [-0.15, -0.1) is 0 Å². The lowest BCUT2D eigenvalue weighted by Crippen LogP contribution is -2.50. The van der Waals surface area contributed by atoms with Gasteiger partial charge in [-0.2, -0.15) is 0 Å². The Morgan fingerprint density at radius 1 is 1.35 bits per heavy atom. The fourth-order valence-corrected chi connectivity index (χ4v) is 3.29. The third kappa shape index (κ3) is 3.34. The van der Waals surface area contributed by atoms with E-state index in [4.69, 9.17) is 9.47 Å². The highest BCUT2D eigenvalue weighted by molar-refractivity contribution is 5.73. The first kappa shape index (κ1) is 15.9. The molecule has 2 aliphatic heterocycles. The maximum atomic E-state index is 11.6. The van der Waals surface area contributed by atoms with Crippen LogP contribution in [-0.4, -0.2) is 54.6 Å². The van der Waals surface area contributed by atoms with Crippen LogP contribution in [0.2, 0.25) is 0 Å². The van der Waals surface area contributed by atoms with Gasteiger partial charge in [-0.05, 0) is 25.7 Å². The number of aldehydes is 1. The Morgan fingerprint density at radius 3 is 2.57 bits per heavy atom. The second-order valence-electron chi connectivity index (χ2n) is 6.17. The molecule has 7 nitrogen and oxygen atoms in total. The number of anilines is 1.